The molecule has 0 aliphatic carbocycles. The van der Waals surface area contributed by atoms with Crippen molar-refractivity contribution in [2.24, 2.45) is 0 Å². The van der Waals surface area contributed by atoms with Crippen molar-refractivity contribution in [1.82, 2.24) is 10.6 Å². The van der Waals surface area contributed by atoms with Crippen molar-refractivity contribution in [2.75, 3.05) is 13.1 Å². The van der Waals surface area contributed by atoms with Crippen LogP contribution in [0.2, 0.25) is 0 Å². The minimum absolute atomic E-state index is 0.254. The highest BCUT2D eigenvalue weighted by Gasteiger charge is 2.21. The van der Waals surface area contributed by atoms with Crippen LogP contribution in [0, 0.1) is 0 Å². The SMILES string of the molecule is Oc1ccc([C@H]2CN[C@@H](c3ccc(O)cc3)CN2)cc1. The number of hydrogen-bond donors (Lipinski definition) is 4. The van der Waals surface area contributed by atoms with Crippen LogP contribution in [0.15, 0.2) is 48.5 Å². The zero-order valence-corrected chi connectivity index (χ0v) is 11.1. The molecule has 0 saturated carbocycles. The fraction of sp³-hybridized carbons (Fsp3) is 0.250. The number of aromatic hydroxyl groups is 2. The van der Waals surface area contributed by atoms with Crippen LogP contribution in [0.3, 0.4) is 0 Å². The number of hydrogen-bond acceptors (Lipinski definition) is 4. The summed E-state index contributed by atoms with van der Waals surface area (Å²) in [6, 6.07) is 15.1. The van der Waals surface area contributed by atoms with E-state index < -0.39 is 0 Å². The smallest absolute Gasteiger partial charge is 0.115 e. The Bertz CT molecular complexity index is 505. The highest BCUT2D eigenvalue weighted by molar-refractivity contribution is 5.31. The maximum absolute atomic E-state index is 9.31. The lowest BCUT2D eigenvalue weighted by molar-refractivity contribution is 0.356. The van der Waals surface area contributed by atoms with E-state index >= 15 is 0 Å². The van der Waals surface area contributed by atoms with Gasteiger partial charge < -0.3 is 20.8 Å². The fourth-order valence-electron chi connectivity index (χ4n) is 2.55. The Morgan fingerprint density at radius 1 is 0.650 bits per heavy atom. The van der Waals surface area contributed by atoms with Gasteiger partial charge in [0, 0.05) is 25.2 Å². The van der Waals surface area contributed by atoms with E-state index in [-0.39, 0.29) is 12.1 Å². The Morgan fingerprint density at radius 2 is 1.00 bits per heavy atom. The zero-order chi connectivity index (χ0) is 13.9. The van der Waals surface area contributed by atoms with Crippen molar-refractivity contribution < 1.29 is 10.2 Å². The summed E-state index contributed by atoms with van der Waals surface area (Å²) < 4.78 is 0. The van der Waals surface area contributed by atoms with Gasteiger partial charge in [0.1, 0.15) is 11.5 Å². The summed E-state index contributed by atoms with van der Waals surface area (Å²) in [6.07, 6.45) is 0. The van der Waals surface area contributed by atoms with E-state index in [9.17, 15) is 10.2 Å². The molecule has 3 rings (SSSR count). The summed E-state index contributed by atoms with van der Waals surface area (Å²) in [4.78, 5) is 0. The lowest BCUT2D eigenvalue weighted by Gasteiger charge is -2.31. The third-order valence-corrected chi connectivity index (χ3v) is 3.73. The molecule has 2 aromatic carbocycles. The summed E-state index contributed by atoms with van der Waals surface area (Å²) in [7, 11) is 0. The largest absolute Gasteiger partial charge is 0.508 e. The highest BCUT2D eigenvalue weighted by atomic mass is 16.3. The van der Waals surface area contributed by atoms with E-state index in [0.717, 1.165) is 13.1 Å². The van der Waals surface area contributed by atoms with Crippen LogP contribution < -0.4 is 10.6 Å². The van der Waals surface area contributed by atoms with E-state index in [1.807, 2.05) is 24.3 Å². The molecule has 1 fully saturated rings. The lowest BCUT2D eigenvalue weighted by Crippen LogP contribution is -2.45. The topological polar surface area (TPSA) is 64.5 Å². The second kappa shape index (κ2) is 5.53. The number of phenolic OH excluding ortho intramolecular Hbond substituents is 2. The summed E-state index contributed by atoms with van der Waals surface area (Å²) in [6.45, 7) is 1.66. The van der Waals surface area contributed by atoms with E-state index in [4.69, 9.17) is 0 Å². The van der Waals surface area contributed by atoms with Crippen molar-refractivity contribution >= 4 is 0 Å². The molecule has 4 N–H and O–H groups in total. The Morgan fingerprint density at radius 3 is 1.30 bits per heavy atom. The molecule has 0 amide bonds. The Balaban J connectivity index is 1.64. The summed E-state index contributed by atoms with van der Waals surface area (Å²) in [5, 5.41) is 25.6. The molecule has 4 nitrogen and oxygen atoms in total. The molecule has 1 heterocycles. The summed E-state index contributed by atoms with van der Waals surface area (Å²) in [5.41, 5.74) is 2.33. The molecule has 0 radical (unpaired) electrons. The van der Waals surface area contributed by atoms with Gasteiger partial charge >= 0.3 is 0 Å². The number of benzene rings is 2. The quantitative estimate of drug-likeness (QED) is 0.674. The molecule has 1 saturated heterocycles. The van der Waals surface area contributed by atoms with Gasteiger partial charge in [0.15, 0.2) is 0 Å². The normalized spacial score (nSPS) is 22.6. The molecule has 0 aromatic heterocycles. The van der Waals surface area contributed by atoms with Crippen molar-refractivity contribution in [3.05, 3.63) is 59.7 Å². The third-order valence-electron chi connectivity index (χ3n) is 3.73. The van der Waals surface area contributed by atoms with Crippen LogP contribution >= 0.6 is 0 Å². The standard InChI is InChI=1S/C16H18N2O2/c19-13-5-1-11(2-6-13)15-9-18-16(10-17-15)12-3-7-14(20)8-4-12/h1-8,15-20H,9-10H2/t15-,16-/m1/s1. The monoisotopic (exact) mass is 270 g/mol. The van der Waals surface area contributed by atoms with Gasteiger partial charge in [-0.15, -0.1) is 0 Å². The average molecular weight is 270 g/mol. The highest BCUT2D eigenvalue weighted by Crippen LogP contribution is 2.23. The Hall–Kier alpha value is -2.04. The molecule has 104 valence electrons. The average Bonchev–Trinajstić information content (AvgIpc) is 2.49. The Kier molecular flexibility index (Phi) is 3.58. The fourth-order valence-corrected chi connectivity index (χ4v) is 2.55. The first-order chi connectivity index (χ1) is 9.72. The molecule has 1 aliphatic heterocycles. The first-order valence-corrected chi connectivity index (χ1v) is 6.77. The Labute approximate surface area is 118 Å². The molecule has 2 aromatic rings. The first-order valence-electron chi connectivity index (χ1n) is 6.77. The number of piperazine rings is 1. The molecule has 0 unspecified atom stereocenters. The second-order valence-corrected chi connectivity index (χ2v) is 5.10. The van der Waals surface area contributed by atoms with Gasteiger partial charge in [0.05, 0.1) is 0 Å². The molecule has 0 bridgehead atoms. The van der Waals surface area contributed by atoms with Crippen molar-refractivity contribution in [2.45, 2.75) is 12.1 Å². The third kappa shape index (κ3) is 2.76. The predicted octanol–water partition coefficient (Wildman–Crippen LogP) is 2.07. The van der Waals surface area contributed by atoms with E-state index in [1.54, 1.807) is 24.3 Å². The summed E-state index contributed by atoms with van der Waals surface area (Å²) >= 11 is 0. The van der Waals surface area contributed by atoms with Gasteiger partial charge in [0.2, 0.25) is 0 Å². The van der Waals surface area contributed by atoms with Crippen molar-refractivity contribution in [1.29, 1.82) is 0 Å². The molecule has 2 atom stereocenters. The summed E-state index contributed by atoms with van der Waals surface area (Å²) in [5.74, 6) is 0.582. The van der Waals surface area contributed by atoms with Crippen LogP contribution in [0.1, 0.15) is 23.2 Å². The molecule has 4 heteroatoms. The van der Waals surface area contributed by atoms with Crippen LogP contribution in [-0.4, -0.2) is 23.3 Å². The van der Waals surface area contributed by atoms with Crippen LogP contribution in [0.4, 0.5) is 0 Å². The van der Waals surface area contributed by atoms with E-state index in [0.29, 0.717) is 11.5 Å². The van der Waals surface area contributed by atoms with Gasteiger partial charge in [-0.05, 0) is 35.4 Å². The molecule has 0 spiro atoms. The second-order valence-electron chi connectivity index (χ2n) is 5.10. The first kappa shape index (κ1) is 13.0. The van der Waals surface area contributed by atoms with Crippen LogP contribution in [0.25, 0.3) is 0 Å². The van der Waals surface area contributed by atoms with Crippen LogP contribution in [-0.2, 0) is 0 Å². The van der Waals surface area contributed by atoms with Crippen molar-refractivity contribution in [3.8, 4) is 11.5 Å². The van der Waals surface area contributed by atoms with E-state index in [1.165, 1.54) is 11.1 Å². The van der Waals surface area contributed by atoms with Gasteiger partial charge in [-0.2, -0.15) is 0 Å². The maximum atomic E-state index is 9.31. The predicted molar refractivity (Wildman–Crippen MR) is 77.7 cm³/mol. The van der Waals surface area contributed by atoms with Crippen LogP contribution in [0.5, 0.6) is 11.5 Å². The minimum Gasteiger partial charge on any atom is -0.508 e. The molecular weight excluding hydrogens is 252 g/mol. The maximum Gasteiger partial charge on any atom is 0.115 e. The zero-order valence-electron chi connectivity index (χ0n) is 11.1. The van der Waals surface area contributed by atoms with Gasteiger partial charge in [-0.25, -0.2) is 0 Å². The van der Waals surface area contributed by atoms with Crippen molar-refractivity contribution in [3.63, 3.8) is 0 Å². The van der Waals surface area contributed by atoms with Gasteiger partial charge in [-0.3, -0.25) is 0 Å². The van der Waals surface area contributed by atoms with Gasteiger partial charge in [-0.1, -0.05) is 24.3 Å². The lowest BCUT2D eigenvalue weighted by atomic mass is 10.00. The van der Waals surface area contributed by atoms with Gasteiger partial charge in [0.25, 0.3) is 0 Å². The number of nitrogens with one attached hydrogen (secondary N) is 2. The molecular formula is C16H18N2O2. The number of phenols is 2. The molecule has 20 heavy (non-hydrogen) atoms. The minimum atomic E-state index is 0.254. The van der Waals surface area contributed by atoms with E-state index in [2.05, 4.69) is 10.6 Å². The number of rotatable bonds is 2. The molecule has 1 aliphatic rings.